The molecule has 1 aliphatic heterocycles. The van der Waals surface area contributed by atoms with Crippen molar-refractivity contribution < 1.29 is 9.47 Å². The molecule has 1 aliphatic rings. The van der Waals surface area contributed by atoms with E-state index < -0.39 is 0 Å². The molecule has 26 heavy (non-hydrogen) atoms. The maximum atomic E-state index is 9.60. The van der Waals surface area contributed by atoms with Crippen molar-refractivity contribution in [2.24, 2.45) is 0 Å². The highest BCUT2D eigenvalue weighted by Gasteiger charge is 2.23. The number of ether oxygens (including phenoxy) is 2. The Bertz CT molecular complexity index is 1020. The van der Waals surface area contributed by atoms with Crippen LogP contribution in [0.1, 0.15) is 16.7 Å². The molecule has 0 saturated carbocycles. The molecule has 1 aromatic heterocycles. The summed E-state index contributed by atoms with van der Waals surface area (Å²) >= 11 is 0. The number of pyridine rings is 1. The molecule has 0 saturated heterocycles. The minimum Gasteiger partial charge on any atom is -0.493 e. The zero-order valence-electron chi connectivity index (χ0n) is 14.8. The highest BCUT2D eigenvalue weighted by Crippen LogP contribution is 2.37. The number of methoxy groups -OCH3 is 2. The van der Waals surface area contributed by atoms with Crippen LogP contribution < -0.4 is 14.4 Å². The molecule has 0 bridgehead atoms. The summed E-state index contributed by atoms with van der Waals surface area (Å²) in [6.07, 6.45) is 2.55. The maximum Gasteiger partial charge on any atom is 0.161 e. The first-order valence-corrected chi connectivity index (χ1v) is 8.51. The lowest BCUT2D eigenvalue weighted by molar-refractivity contribution is 0.353. The van der Waals surface area contributed by atoms with Crippen LogP contribution in [0, 0.1) is 11.3 Å². The molecule has 0 amide bonds. The Morgan fingerprint density at radius 1 is 1.08 bits per heavy atom. The van der Waals surface area contributed by atoms with E-state index in [9.17, 15) is 5.26 Å². The van der Waals surface area contributed by atoms with Gasteiger partial charge >= 0.3 is 0 Å². The van der Waals surface area contributed by atoms with Gasteiger partial charge in [-0.1, -0.05) is 18.2 Å². The predicted octanol–water partition coefficient (Wildman–Crippen LogP) is 3.69. The number of rotatable bonds is 3. The monoisotopic (exact) mass is 345 g/mol. The van der Waals surface area contributed by atoms with Gasteiger partial charge in [-0.3, -0.25) is 4.98 Å². The third-order valence-corrected chi connectivity index (χ3v) is 4.90. The number of nitriles is 1. The van der Waals surface area contributed by atoms with Crippen LogP contribution in [0.2, 0.25) is 0 Å². The molecule has 2 aromatic carbocycles. The Hall–Kier alpha value is -3.26. The predicted molar refractivity (Wildman–Crippen MR) is 101 cm³/mol. The van der Waals surface area contributed by atoms with E-state index in [-0.39, 0.29) is 0 Å². The van der Waals surface area contributed by atoms with E-state index in [0.29, 0.717) is 5.56 Å². The maximum absolute atomic E-state index is 9.60. The fraction of sp³-hybridized carbons (Fsp3) is 0.238. The Labute approximate surface area is 152 Å². The van der Waals surface area contributed by atoms with Gasteiger partial charge in [0.2, 0.25) is 0 Å². The van der Waals surface area contributed by atoms with Gasteiger partial charge in [0, 0.05) is 24.7 Å². The molecule has 130 valence electrons. The van der Waals surface area contributed by atoms with E-state index in [4.69, 9.17) is 9.47 Å². The van der Waals surface area contributed by atoms with Crippen molar-refractivity contribution >= 4 is 16.6 Å². The van der Waals surface area contributed by atoms with Gasteiger partial charge in [-0.05, 0) is 35.7 Å². The standard InChI is InChI=1S/C21H19N3O2/c1-25-19-9-14-7-8-24(13-15(14)10-20(19)26-2)21-16(11-22)12-23-18-6-4-3-5-17(18)21/h3-6,9-10,12H,7-8,13H2,1-2H3. The average Bonchev–Trinajstić information content (AvgIpc) is 2.71. The fourth-order valence-electron chi connectivity index (χ4n) is 3.62. The smallest absolute Gasteiger partial charge is 0.161 e. The Kier molecular flexibility index (Phi) is 4.10. The zero-order chi connectivity index (χ0) is 18.1. The Morgan fingerprint density at radius 2 is 1.81 bits per heavy atom. The fourth-order valence-corrected chi connectivity index (χ4v) is 3.62. The van der Waals surface area contributed by atoms with Gasteiger partial charge in [0.05, 0.1) is 31.0 Å². The summed E-state index contributed by atoms with van der Waals surface area (Å²) in [5, 5.41) is 10.6. The van der Waals surface area contributed by atoms with E-state index in [1.807, 2.05) is 30.3 Å². The summed E-state index contributed by atoms with van der Waals surface area (Å²) in [5.41, 5.74) is 4.92. The van der Waals surface area contributed by atoms with E-state index in [1.54, 1.807) is 20.4 Å². The average molecular weight is 345 g/mol. The van der Waals surface area contributed by atoms with E-state index in [1.165, 1.54) is 11.1 Å². The summed E-state index contributed by atoms with van der Waals surface area (Å²) in [4.78, 5) is 6.68. The van der Waals surface area contributed by atoms with Crippen molar-refractivity contribution in [3.05, 3.63) is 59.3 Å². The lowest BCUT2D eigenvalue weighted by atomic mass is 9.97. The summed E-state index contributed by atoms with van der Waals surface area (Å²) in [6.45, 7) is 1.56. The molecule has 4 rings (SSSR count). The molecule has 0 radical (unpaired) electrons. The number of anilines is 1. The summed E-state index contributed by atoms with van der Waals surface area (Å²) in [7, 11) is 3.30. The third kappa shape index (κ3) is 2.60. The molecule has 0 unspecified atom stereocenters. The Morgan fingerprint density at radius 3 is 2.54 bits per heavy atom. The summed E-state index contributed by atoms with van der Waals surface area (Å²) in [6, 6.07) is 14.4. The van der Waals surface area contributed by atoms with Crippen LogP contribution in [0.5, 0.6) is 11.5 Å². The van der Waals surface area contributed by atoms with Gasteiger partial charge in [0.1, 0.15) is 6.07 Å². The van der Waals surface area contributed by atoms with Crippen LogP contribution in [-0.2, 0) is 13.0 Å². The van der Waals surface area contributed by atoms with Crippen LogP contribution in [-0.4, -0.2) is 25.7 Å². The highest BCUT2D eigenvalue weighted by atomic mass is 16.5. The number of hydrogen-bond donors (Lipinski definition) is 0. The first-order valence-electron chi connectivity index (χ1n) is 8.51. The van der Waals surface area contributed by atoms with E-state index >= 15 is 0 Å². The van der Waals surface area contributed by atoms with Crippen LogP contribution in [0.4, 0.5) is 5.69 Å². The zero-order valence-corrected chi connectivity index (χ0v) is 14.8. The first-order chi connectivity index (χ1) is 12.7. The van der Waals surface area contributed by atoms with Crippen LogP contribution in [0.25, 0.3) is 10.9 Å². The third-order valence-electron chi connectivity index (χ3n) is 4.90. The van der Waals surface area contributed by atoms with Crippen molar-refractivity contribution in [1.82, 2.24) is 4.98 Å². The highest BCUT2D eigenvalue weighted by molar-refractivity contribution is 5.94. The lowest BCUT2D eigenvalue weighted by Gasteiger charge is -2.32. The molecule has 2 heterocycles. The second-order valence-electron chi connectivity index (χ2n) is 6.30. The van der Waals surface area contributed by atoms with Crippen molar-refractivity contribution in [1.29, 1.82) is 5.26 Å². The summed E-state index contributed by atoms with van der Waals surface area (Å²) < 4.78 is 10.9. The number of para-hydroxylation sites is 1. The number of fused-ring (bicyclic) bond motifs is 2. The van der Waals surface area contributed by atoms with Crippen molar-refractivity contribution in [2.45, 2.75) is 13.0 Å². The molecule has 5 nitrogen and oxygen atoms in total. The van der Waals surface area contributed by atoms with Crippen LogP contribution in [0.3, 0.4) is 0 Å². The topological polar surface area (TPSA) is 58.4 Å². The number of nitrogens with zero attached hydrogens (tertiary/aromatic N) is 3. The molecule has 0 atom stereocenters. The largest absolute Gasteiger partial charge is 0.493 e. The molecule has 3 aromatic rings. The van der Waals surface area contributed by atoms with Gasteiger partial charge in [-0.2, -0.15) is 5.26 Å². The van der Waals surface area contributed by atoms with Crippen LogP contribution >= 0.6 is 0 Å². The molecular formula is C21H19N3O2. The molecule has 0 aliphatic carbocycles. The second kappa shape index (κ2) is 6.57. The second-order valence-corrected chi connectivity index (χ2v) is 6.30. The van der Waals surface area contributed by atoms with Gasteiger partial charge in [-0.15, -0.1) is 0 Å². The molecule has 0 fully saturated rings. The summed E-state index contributed by atoms with van der Waals surface area (Å²) in [5.74, 6) is 1.49. The van der Waals surface area contributed by atoms with Gasteiger partial charge in [0.25, 0.3) is 0 Å². The van der Waals surface area contributed by atoms with Crippen molar-refractivity contribution in [3.8, 4) is 17.6 Å². The minimum atomic E-state index is 0.604. The number of aromatic nitrogens is 1. The number of hydrogen-bond acceptors (Lipinski definition) is 5. The normalized spacial score (nSPS) is 13.2. The molecular weight excluding hydrogens is 326 g/mol. The Balaban J connectivity index is 1.80. The molecule has 5 heteroatoms. The lowest BCUT2D eigenvalue weighted by Crippen LogP contribution is -2.31. The van der Waals surface area contributed by atoms with Gasteiger partial charge in [0.15, 0.2) is 11.5 Å². The minimum absolute atomic E-state index is 0.604. The quantitative estimate of drug-likeness (QED) is 0.725. The van der Waals surface area contributed by atoms with Crippen molar-refractivity contribution in [3.63, 3.8) is 0 Å². The molecule has 0 N–H and O–H groups in total. The van der Waals surface area contributed by atoms with Gasteiger partial charge < -0.3 is 14.4 Å². The van der Waals surface area contributed by atoms with Crippen molar-refractivity contribution in [2.75, 3.05) is 25.7 Å². The number of benzene rings is 2. The van der Waals surface area contributed by atoms with Crippen LogP contribution in [0.15, 0.2) is 42.6 Å². The van der Waals surface area contributed by atoms with E-state index in [0.717, 1.165) is 47.6 Å². The molecule has 0 spiro atoms. The van der Waals surface area contributed by atoms with Gasteiger partial charge in [-0.25, -0.2) is 0 Å². The SMILES string of the molecule is COc1cc2c(cc1OC)CN(c1c(C#N)cnc3ccccc13)CC2. The van der Waals surface area contributed by atoms with E-state index in [2.05, 4.69) is 22.0 Å². The first kappa shape index (κ1) is 16.2.